The summed E-state index contributed by atoms with van der Waals surface area (Å²) in [6.07, 6.45) is 8.55. The Bertz CT molecular complexity index is 690. The third-order valence-electron chi connectivity index (χ3n) is 5.04. The summed E-state index contributed by atoms with van der Waals surface area (Å²) in [7, 11) is 0. The van der Waals surface area contributed by atoms with E-state index in [4.69, 9.17) is 0 Å². The van der Waals surface area contributed by atoms with Crippen molar-refractivity contribution in [2.45, 2.75) is 31.8 Å². The maximum atomic E-state index is 12.9. The molecule has 0 radical (unpaired) electrons. The highest BCUT2D eigenvalue weighted by Gasteiger charge is 2.31. The van der Waals surface area contributed by atoms with E-state index in [1.54, 1.807) is 0 Å². The van der Waals surface area contributed by atoms with Crippen LogP contribution in [-0.4, -0.2) is 56.4 Å². The van der Waals surface area contributed by atoms with E-state index in [0.29, 0.717) is 0 Å². The minimum absolute atomic E-state index is 0.0569. The number of nitrogens with zero attached hydrogens (tertiary/aromatic N) is 5. The number of amides is 1. The summed E-state index contributed by atoms with van der Waals surface area (Å²) in [6, 6.07) is 5.96. The molecule has 0 aromatic carbocycles. The van der Waals surface area contributed by atoms with Gasteiger partial charge in [-0.1, -0.05) is 6.07 Å². The van der Waals surface area contributed by atoms with Crippen molar-refractivity contribution in [2.75, 3.05) is 26.2 Å². The molecule has 1 fully saturated rings. The smallest absolute Gasteiger partial charge is 0.245 e. The molecule has 0 saturated carbocycles. The van der Waals surface area contributed by atoms with Crippen molar-refractivity contribution in [3.8, 4) is 0 Å². The number of carbonyl (C=O) groups is 1. The van der Waals surface area contributed by atoms with Crippen LogP contribution in [0.2, 0.25) is 0 Å². The van der Waals surface area contributed by atoms with Crippen LogP contribution in [0.25, 0.3) is 0 Å². The molecule has 0 spiro atoms. The molecule has 0 N–H and O–H groups in total. The minimum atomic E-state index is -0.0569. The lowest BCUT2D eigenvalue weighted by Gasteiger charge is -2.37. The molecule has 1 amide bonds. The van der Waals surface area contributed by atoms with Gasteiger partial charge in [0.25, 0.3) is 0 Å². The molecular formula is C18H23N5O. The van der Waals surface area contributed by atoms with Gasteiger partial charge in [-0.05, 0) is 25.0 Å². The Morgan fingerprint density at radius 1 is 1.12 bits per heavy atom. The number of aromatic nitrogens is 3. The van der Waals surface area contributed by atoms with Crippen LogP contribution >= 0.6 is 0 Å². The average molecular weight is 325 g/mol. The van der Waals surface area contributed by atoms with E-state index < -0.39 is 0 Å². The molecule has 4 rings (SSSR count). The lowest BCUT2D eigenvalue weighted by Crippen LogP contribution is -2.50. The van der Waals surface area contributed by atoms with Gasteiger partial charge in [-0.2, -0.15) is 0 Å². The Hall–Kier alpha value is -2.21. The molecule has 1 unspecified atom stereocenters. The number of pyridine rings is 1. The number of hydrogen-bond acceptors (Lipinski definition) is 4. The second-order valence-corrected chi connectivity index (χ2v) is 6.58. The summed E-state index contributed by atoms with van der Waals surface area (Å²) < 4.78 is 2.08. The van der Waals surface area contributed by atoms with Crippen molar-refractivity contribution < 1.29 is 4.79 Å². The van der Waals surface area contributed by atoms with Gasteiger partial charge in [0.15, 0.2) is 0 Å². The standard InChI is InChI=1S/C18H23N5O/c24-18(16-5-3-6-17-20-8-9-23(16)17)22-12-10-21(11-13-22)14-15-4-1-2-7-19-15/h1-2,4,7-9,16H,3,5-6,10-14H2. The molecule has 0 aliphatic carbocycles. The number of aryl methyl sites for hydroxylation is 1. The number of carbonyl (C=O) groups excluding carboxylic acids is 1. The van der Waals surface area contributed by atoms with Gasteiger partial charge in [-0.25, -0.2) is 4.98 Å². The largest absolute Gasteiger partial charge is 0.338 e. The maximum Gasteiger partial charge on any atom is 0.245 e. The van der Waals surface area contributed by atoms with E-state index >= 15 is 0 Å². The first-order chi connectivity index (χ1) is 11.8. The molecular weight excluding hydrogens is 302 g/mol. The summed E-state index contributed by atoms with van der Waals surface area (Å²) in [5.74, 6) is 1.31. The topological polar surface area (TPSA) is 54.3 Å². The number of hydrogen-bond donors (Lipinski definition) is 0. The molecule has 6 heteroatoms. The molecule has 2 aliphatic heterocycles. The van der Waals surface area contributed by atoms with Crippen molar-refractivity contribution in [3.05, 3.63) is 48.3 Å². The van der Waals surface area contributed by atoms with Crippen molar-refractivity contribution >= 4 is 5.91 Å². The molecule has 2 aliphatic rings. The summed E-state index contributed by atoms with van der Waals surface area (Å²) in [4.78, 5) is 26.1. The summed E-state index contributed by atoms with van der Waals surface area (Å²) in [6.45, 7) is 4.27. The second-order valence-electron chi connectivity index (χ2n) is 6.58. The van der Waals surface area contributed by atoms with Crippen LogP contribution in [-0.2, 0) is 17.8 Å². The van der Waals surface area contributed by atoms with Crippen molar-refractivity contribution in [2.24, 2.45) is 0 Å². The third-order valence-corrected chi connectivity index (χ3v) is 5.04. The zero-order valence-corrected chi connectivity index (χ0v) is 13.8. The van der Waals surface area contributed by atoms with Crippen LogP contribution in [0.1, 0.15) is 30.4 Å². The lowest BCUT2D eigenvalue weighted by atomic mass is 10.0. The van der Waals surface area contributed by atoms with E-state index in [0.717, 1.165) is 63.5 Å². The van der Waals surface area contributed by atoms with Crippen molar-refractivity contribution in [1.82, 2.24) is 24.3 Å². The highest BCUT2D eigenvalue weighted by Crippen LogP contribution is 2.26. The zero-order chi connectivity index (χ0) is 16.4. The van der Waals surface area contributed by atoms with E-state index in [2.05, 4.69) is 25.5 Å². The molecule has 4 heterocycles. The van der Waals surface area contributed by atoms with E-state index in [1.807, 2.05) is 35.6 Å². The molecule has 24 heavy (non-hydrogen) atoms. The molecule has 1 atom stereocenters. The van der Waals surface area contributed by atoms with Gasteiger partial charge in [0.1, 0.15) is 11.9 Å². The predicted octanol–water partition coefficient (Wildman–Crippen LogP) is 1.50. The van der Waals surface area contributed by atoms with Crippen LogP contribution in [0.3, 0.4) is 0 Å². The van der Waals surface area contributed by atoms with E-state index in [1.165, 1.54) is 0 Å². The van der Waals surface area contributed by atoms with Gasteiger partial charge >= 0.3 is 0 Å². The highest BCUT2D eigenvalue weighted by atomic mass is 16.2. The van der Waals surface area contributed by atoms with Gasteiger partial charge in [-0.3, -0.25) is 14.7 Å². The molecule has 6 nitrogen and oxygen atoms in total. The number of rotatable bonds is 3. The maximum absolute atomic E-state index is 12.9. The Labute approximate surface area is 142 Å². The molecule has 126 valence electrons. The van der Waals surface area contributed by atoms with Crippen LogP contribution in [0.15, 0.2) is 36.8 Å². The van der Waals surface area contributed by atoms with E-state index in [-0.39, 0.29) is 11.9 Å². The first kappa shape index (κ1) is 15.3. The summed E-state index contributed by atoms with van der Waals surface area (Å²) in [5.41, 5.74) is 1.09. The minimum Gasteiger partial charge on any atom is -0.338 e. The summed E-state index contributed by atoms with van der Waals surface area (Å²) >= 11 is 0. The van der Waals surface area contributed by atoms with Crippen molar-refractivity contribution in [3.63, 3.8) is 0 Å². The van der Waals surface area contributed by atoms with Gasteiger partial charge < -0.3 is 9.47 Å². The molecule has 2 aromatic heterocycles. The first-order valence-electron chi connectivity index (χ1n) is 8.74. The Morgan fingerprint density at radius 3 is 2.79 bits per heavy atom. The molecule has 0 bridgehead atoms. The zero-order valence-electron chi connectivity index (χ0n) is 13.8. The van der Waals surface area contributed by atoms with Crippen LogP contribution in [0.4, 0.5) is 0 Å². The first-order valence-corrected chi connectivity index (χ1v) is 8.74. The fourth-order valence-corrected chi connectivity index (χ4v) is 3.71. The number of piperazine rings is 1. The quantitative estimate of drug-likeness (QED) is 0.858. The van der Waals surface area contributed by atoms with Crippen molar-refractivity contribution in [1.29, 1.82) is 0 Å². The number of imidazole rings is 1. The SMILES string of the molecule is O=C(C1CCCc2nccn21)N1CCN(Cc2ccccn2)CC1. The predicted molar refractivity (Wildman–Crippen MR) is 90.3 cm³/mol. The average Bonchev–Trinajstić information content (AvgIpc) is 3.11. The van der Waals surface area contributed by atoms with Gasteiger partial charge in [0, 0.05) is 57.7 Å². The van der Waals surface area contributed by atoms with Crippen LogP contribution in [0, 0.1) is 0 Å². The fraction of sp³-hybridized carbons (Fsp3) is 0.500. The second kappa shape index (κ2) is 6.73. The van der Waals surface area contributed by atoms with Gasteiger partial charge in [0.05, 0.1) is 5.69 Å². The Kier molecular flexibility index (Phi) is 4.30. The highest BCUT2D eigenvalue weighted by molar-refractivity contribution is 5.80. The van der Waals surface area contributed by atoms with Gasteiger partial charge in [-0.15, -0.1) is 0 Å². The number of fused-ring (bicyclic) bond motifs is 1. The Balaban J connectivity index is 1.35. The monoisotopic (exact) mass is 325 g/mol. The van der Waals surface area contributed by atoms with Crippen LogP contribution in [0.5, 0.6) is 0 Å². The molecule has 2 aromatic rings. The normalized spacial score (nSPS) is 21.5. The third kappa shape index (κ3) is 3.06. The fourth-order valence-electron chi connectivity index (χ4n) is 3.71. The lowest BCUT2D eigenvalue weighted by molar-refractivity contribution is -0.137. The van der Waals surface area contributed by atoms with Gasteiger partial charge in [0.2, 0.25) is 5.91 Å². The summed E-state index contributed by atoms with van der Waals surface area (Å²) in [5, 5.41) is 0. The van der Waals surface area contributed by atoms with E-state index in [9.17, 15) is 4.79 Å². The van der Waals surface area contributed by atoms with Crippen LogP contribution < -0.4 is 0 Å². The Morgan fingerprint density at radius 2 is 2.00 bits per heavy atom. The molecule has 1 saturated heterocycles.